The Kier molecular flexibility index (Phi) is 4.52. The zero-order valence-corrected chi connectivity index (χ0v) is 14.0. The van der Waals surface area contributed by atoms with Crippen LogP contribution in [-0.2, 0) is 16.1 Å². The Morgan fingerprint density at radius 3 is 2.79 bits per heavy atom. The van der Waals surface area contributed by atoms with Crippen molar-refractivity contribution in [2.45, 2.75) is 20.5 Å². The summed E-state index contributed by atoms with van der Waals surface area (Å²) in [5, 5.41) is 4.63. The summed E-state index contributed by atoms with van der Waals surface area (Å²) in [6.07, 6.45) is 3.06. The Morgan fingerprint density at radius 2 is 2.04 bits per heavy atom. The van der Waals surface area contributed by atoms with Crippen molar-refractivity contribution < 1.29 is 9.53 Å². The second-order valence-corrected chi connectivity index (χ2v) is 6.32. The third-order valence-electron chi connectivity index (χ3n) is 3.24. The fourth-order valence-corrected chi connectivity index (χ4v) is 2.90. The minimum atomic E-state index is -0.466. The first-order valence-corrected chi connectivity index (χ1v) is 8.11. The molecule has 0 aliphatic carbocycles. The van der Waals surface area contributed by atoms with Gasteiger partial charge < -0.3 is 4.74 Å². The van der Waals surface area contributed by atoms with E-state index in [1.165, 1.54) is 28.0 Å². The molecule has 0 spiro atoms. The molecule has 0 saturated carbocycles. The van der Waals surface area contributed by atoms with Crippen LogP contribution in [-0.4, -0.2) is 20.6 Å². The summed E-state index contributed by atoms with van der Waals surface area (Å²) in [5.74, 6) is -0.466. The van der Waals surface area contributed by atoms with Crippen molar-refractivity contribution in [2.75, 3.05) is 0 Å². The maximum Gasteiger partial charge on any atom is 0.331 e. The number of carbonyl (C=O) groups excluding carboxylic acids is 1. The zero-order chi connectivity index (χ0) is 17.1. The summed E-state index contributed by atoms with van der Waals surface area (Å²) >= 11 is 1.22. The topological polar surface area (TPSA) is 73.6 Å². The maximum absolute atomic E-state index is 11.8. The predicted molar refractivity (Wildman–Crippen MR) is 91.9 cm³/mol. The Morgan fingerprint density at radius 1 is 1.29 bits per heavy atom. The minimum absolute atomic E-state index is 0.00356. The SMILES string of the molecule is Cc1ccc(/C=C/C(=O)OCc2nn3c(=O)cc(C)nc3s2)cc1. The summed E-state index contributed by atoms with van der Waals surface area (Å²) in [4.78, 5) is 28.3. The molecule has 122 valence electrons. The molecule has 0 N–H and O–H groups in total. The van der Waals surface area contributed by atoms with Gasteiger partial charge in [0, 0.05) is 17.8 Å². The predicted octanol–water partition coefficient (Wildman–Crippen LogP) is 2.52. The van der Waals surface area contributed by atoms with Gasteiger partial charge in [0.05, 0.1) is 0 Å². The number of ether oxygens (including phenoxy) is 1. The van der Waals surface area contributed by atoms with Crippen molar-refractivity contribution in [1.82, 2.24) is 14.6 Å². The van der Waals surface area contributed by atoms with Gasteiger partial charge >= 0.3 is 5.97 Å². The van der Waals surface area contributed by atoms with E-state index in [4.69, 9.17) is 4.74 Å². The van der Waals surface area contributed by atoms with Crippen LogP contribution in [0.5, 0.6) is 0 Å². The molecule has 24 heavy (non-hydrogen) atoms. The molecule has 0 radical (unpaired) electrons. The second kappa shape index (κ2) is 6.76. The molecule has 0 aliphatic heterocycles. The van der Waals surface area contributed by atoms with E-state index >= 15 is 0 Å². The van der Waals surface area contributed by atoms with Gasteiger partial charge in [-0.2, -0.15) is 9.61 Å². The Labute approximate surface area is 142 Å². The maximum atomic E-state index is 11.8. The first-order chi connectivity index (χ1) is 11.5. The van der Waals surface area contributed by atoms with Gasteiger partial charge in [-0.1, -0.05) is 41.2 Å². The molecule has 3 rings (SSSR count). The van der Waals surface area contributed by atoms with Gasteiger partial charge in [0.25, 0.3) is 5.56 Å². The smallest absolute Gasteiger partial charge is 0.331 e. The second-order valence-electron chi connectivity index (χ2n) is 5.28. The summed E-state index contributed by atoms with van der Waals surface area (Å²) in [6.45, 7) is 3.75. The van der Waals surface area contributed by atoms with E-state index < -0.39 is 5.97 Å². The molecule has 0 aliphatic rings. The molecule has 3 aromatic rings. The van der Waals surface area contributed by atoms with Crippen LogP contribution < -0.4 is 5.56 Å². The average Bonchev–Trinajstić information content (AvgIpc) is 2.95. The number of aromatic nitrogens is 3. The zero-order valence-electron chi connectivity index (χ0n) is 13.2. The van der Waals surface area contributed by atoms with Gasteiger partial charge in [0.1, 0.15) is 6.61 Å². The number of carbonyl (C=O) groups is 1. The first kappa shape index (κ1) is 16.1. The molecule has 0 fully saturated rings. The summed E-state index contributed by atoms with van der Waals surface area (Å²) in [6, 6.07) is 9.20. The Balaban J connectivity index is 1.65. The van der Waals surface area contributed by atoms with Crippen molar-refractivity contribution in [3.05, 3.63) is 68.6 Å². The van der Waals surface area contributed by atoms with E-state index in [0.717, 1.165) is 11.1 Å². The molecule has 6 nitrogen and oxygen atoms in total. The molecule has 2 heterocycles. The van der Waals surface area contributed by atoms with Gasteiger partial charge in [-0.3, -0.25) is 4.79 Å². The number of hydrogen-bond acceptors (Lipinski definition) is 6. The number of benzene rings is 1. The lowest BCUT2D eigenvalue weighted by atomic mass is 10.1. The lowest BCUT2D eigenvalue weighted by Crippen LogP contribution is -2.14. The monoisotopic (exact) mass is 341 g/mol. The lowest BCUT2D eigenvalue weighted by molar-refractivity contribution is -0.138. The molecule has 0 unspecified atom stereocenters. The van der Waals surface area contributed by atoms with Gasteiger partial charge in [-0.25, -0.2) is 9.78 Å². The van der Waals surface area contributed by atoms with Crippen LogP contribution in [0.1, 0.15) is 21.8 Å². The number of fused-ring (bicyclic) bond motifs is 1. The first-order valence-electron chi connectivity index (χ1n) is 7.29. The van der Waals surface area contributed by atoms with E-state index in [-0.39, 0.29) is 12.2 Å². The van der Waals surface area contributed by atoms with Crippen LogP contribution in [0.2, 0.25) is 0 Å². The largest absolute Gasteiger partial charge is 0.455 e. The highest BCUT2D eigenvalue weighted by Crippen LogP contribution is 2.12. The van der Waals surface area contributed by atoms with E-state index in [1.54, 1.807) is 13.0 Å². The fourth-order valence-electron chi connectivity index (χ4n) is 2.04. The van der Waals surface area contributed by atoms with Crippen molar-refractivity contribution in [1.29, 1.82) is 0 Å². The number of rotatable bonds is 4. The van der Waals surface area contributed by atoms with Crippen molar-refractivity contribution >= 4 is 28.3 Å². The summed E-state index contributed by atoms with van der Waals surface area (Å²) in [7, 11) is 0. The van der Waals surface area contributed by atoms with Crippen LogP contribution in [0.15, 0.2) is 41.2 Å². The number of esters is 1. The van der Waals surface area contributed by atoms with Crippen molar-refractivity contribution in [3.63, 3.8) is 0 Å². The summed E-state index contributed by atoms with van der Waals surface area (Å²) in [5.41, 5.74) is 2.47. The molecule has 0 atom stereocenters. The highest BCUT2D eigenvalue weighted by atomic mass is 32.1. The normalized spacial score (nSPS) is 11.2. The van der Waals surface area contributed by atoms with Crippen molar-refractivity contribution in [3.8, 4) is 0 Å². The molecular weight excluding hydrogens is 326 g/mol. The fraction of sp³-hybridized carbons (Fsp3) is 0.176. The highest BCUT2D eigenvalue weighted by molar-refractivity contribution is 7.16. The van der Waals surface area contributed by atoms with Crippen LogP contribution >= 0.6 is 11.3 Å². The number of hydrogen-bond donors (Lipinski definition) is 0. The third kappa shape index (κ3) is 3.75. The highest BCUT2D eigenvalue weighted by Gasteiger charge is 2.09. The van der Waals surface area contributed by atoms with Gasteiger partial charge in [-0.15, -0.1) is 0 Å². The number of nitrogens with zero attached hydrogens (tertiary/aromatic N) is 3. The standard InChI is InChI=1S/C17H15N3O3S/c1-11-3-5-13(6-4-11)7-8-16(22)23-10-14-19-20-15(21)9-12(2)18-17(20)24-14/h3-9H,10H2,1-2H3/b8-7+. The van der Waals surface area contributed by atoms with E-state index in [9.17, 15) is 9.59 Å². The van der Waals surface area contributed by atoms with Crippen LogP contribution in [0.3, 0.4) is 0 Å². The molecular formula is C17H15N3O3S. The van der Waals surface area contributed by atoms with Gasteiger partial charge in [-0.05, 0) is 25.5 Å². The third-order valence-corrected chi connectivity index (χ3v) is 4.12. The Hall–Kier alpha value is -2.80. The summed E-state index contributed by atoms with van der Waals surface area (Å²) < 4.78 is 6.36. The lowest BCUT2D eigenvalue weighted by Gasteiger charge is -1.98. The molecule has 1 aromatic carbocycles. The van der Waals surface area contributed by atoms with Gasteiger partial charge in [0.15, 0.2) is 5.01 Å². The average molecular weight is 341 g/mol. The number of aryl methyl sites for hydroxylation is 2. The van der Waals surface area contributed by atoms with Gasteiger partial charge in [0.2, 0.25) is 4.96 Å². The minimum Gasteiger partial charge on any atom is -0.455 e. The van der Waals surface area contributed by atoms with Crippen LogP contribution in [0, 0.1) is 13.8 Å². The van der Waals surface area contributed by atoms with E-state index in [0.29, 0.717) is 15.7 Å². The van der Waals surface area contributed by atoms with E-state index in [2.05, 4.69) is 10.1 Å². The molecule has 0 amide bonds. The van der Waals surface area contributed by atoms with E-state index in [1.807, 2.05) is 31.2 Å². The molecule has 0 saturated heterocycles. The molecule has 2 aromatic heterocycles. The van der Waals surface area contributed by atoms with Crippen molar-refractivity contribution in [2.24, 2.45) is 0 Å². The van der Waals surface area contributed by atoms with Crippen LogP contribution in [0.25, 0.3) is 11.0 Å². The Bertz CT molecular complexity index is 971. The quantitative estimate of drug-likeness (QED) is 0.538. The van der Waals surface area contributed by atoms with Crippen LogP contribution in [0.4, 0.5) is 0 Å². The molecule has 0 bridgehead atoms. The molecule has 7 heteroatoms.